The van der Waals surface area contributed by atoms with E-state index in [1.807, 2.05) is 20.8 Å². The molecule has 1 fully saturated rings. The average molecular weight is 446 g/mol. The topological polar surface area (TPSA) is 38.8 Å². The van der Waals surface area contributed by atoms with Gasteiger partial charge < -0.3 is 14.4 Å². The van der Waals surface area contributed by atoms with Crippen molar-refractivity contribution >= 4 is 27.6 Å². The van der Waals surface area contributed by atoms with Crippen LogP contribution in [0, 0.1) is 5.92 Å². The average Bonchev–Trinajstić information content (AvgIpc) is 2.58. The van der Waals surface area contributed by atoms with E-state index < -0.39 is 11.7 Å². The van der Waals surface area contributed by atoms with Crippen molar-refractivity contribution in [1.29, 1.82) is 0 Å². The maximum absolute atomic E-state index is 13.7. The van der Waals surface area contributed by atoms with E-state index in [4.69, 9.17) is 9.47 Å². The minimum Gasteiger partial charge on any atom is -0.496 e. The first kappa shape index (κ1) is 21.7. The van der Waals surface area contributed by atoms with Crippen LogP contribution in [0.5, 0.6) is 5.75 Å². The van der Waals surface area contributed by atoms with Gasteiger partial charge in [-0.05, 0) is 64.2 Å². The predicted molar refractivity (Wildman–Crippen MR) is 105 cm³/mol. The number of carbonyl (C=O) groups excluding carboxylic acids is 1. The van der Waals surface area contributed by atoms with Crippen LogP contribution >= 0.6 is 15.9 Å². The molecule has 1 aromatic rings. The molecule has 0 bridgehead atoms. The summed E-state index contributed by atoms with van der Waals surface area (Å²) >= 11 is 3.33. The third-order valence-electron chi connectivity index (χ3n) is 4.47. The monoisotopic (exact) mass is 445 g/mol. The Kier molecular flexibility index (Phi) is 7.25. The highest BCUT2D eigenvalue weighted by molar-refractivity contribution is 9.10. The molecule has 1 aliphatic heterocycles. The van der Waals surface area contributed by atoms with Crippen LogP contribution in [0.15, 0.2) is 28.8 Å². The van der Waals surface area contributed by atoms with E-state index >= 15 is 0 Å². The van der Waals surface area contributed by atoms with E-state index in [-0.39, 0.29) is 24.0 Å². The first-order chi connectivity index (χ1) is 12.6. The molecule has 150 valence electrons. The number of hydrogen-bond donors (Lipinski definition) is 0. The molecule has 1 aromatic carbocycles. The van der Waals surface area contributed by atoms with Crippen molar-refractivity contribution in [2.24, 2.45) is 5.92 Å². The van der Waals surface area contributed by atoms with E-state index in [9.17, 15) is 13.6 Å². The first-order valence-electron chi connectivity index (χ1n) is 8.96. The lowest BCUT2D eigenvalue weighted by Gasteiger charge is -2.33. The minimum absolute atomic E-state index is 0.00358. The maximum Gasteiger partial charge on any atom is 0.410 e. The summed E-state index contributed by atoms with van der Waals surface area (Å²) in [5, 5.41) is 0. The van der Waals surface area contributed by atoms with Crippen LogP contribution in [0.1, 0.15) is 45.6 Å². The van der Waals surface area contributed by atoms with Gasteiger partial charge in [-0.1, -0.05) is 15.9 Å². The molecule has 2 rings (SSSR count). The molecule has 1 heterocycles. The van der Waals surface area contributed by atoms with Gasteiger partial charge in [0, 0.05) is 28.7 Å². The number of nitrogens with zero attached hydrogens (tertiary/aromatic N) is 1. The van der Waals surface area contributed by atoms with Crippen LogP contribution in [0.3, 0.4) is 0 Å². The largest absolute Gasteiger partial charge is 0.496 e. The Balaban J connectivity index is 2.05. The van der Waals surface area contributed by atoms with Gasteiger partial charge in [-0.3, -0.25) is 0 Å². The Morgan fingerprint density at radius 3 is 2.41 bits per heavy atom. The third kappa shape index (κ3) is 6.19. The number of ether oxygens (including phenoxy) is 2. The van der Waals surface area contributed by atoms with E-state index in [0.717, 1.165) is 4.47 Å². The standard InChI is InChI=1S/C20H26BrF2NO3/c1-20(2,3)27-19(25)24-9-7-13(8-10-24)11-16(18(22)23)15-12-14(21)5-6-17(15)26-4/h5-6,12-13H,7-11H2,1-4H3. The van der Waals surface area contributed by atoms with Gasteiger partial charge >= 0.3 is 6.09 Å². The van der Waals surface area contributed by atoms with E-state index in [1.54, 1.807) is 23.1 Å². The molecule has 0 unspecified atom stereocenters. The number of piperidine rings is 1. The van der Waals surface area contributed by atoms with Crippen LogP contribution in [-0.4, -0.2) is 36.8 Å². The van der Waals surface area contributed by atoms with Gasteiger partial charge in [0.1, 0.15) is 11.4 Å². The van der Waals surface area contributed by atoms with Gasteiger partial charge in [-0.25, -0.2) is 4.79 Å². The summed E-state index contributed by atoms with van der Waals surface area (Å²) in [4.78, 5) is 13.8. The molecule has 0 radical (unpaired) electrons. The van der Waals surface area contributed by atoms with Gasteiger partial charge in [0.2, 0.25) is 0 Å². The highest BCUT2D eigenvalue weighted by Crippen LogP contribution is 2.38. The molecule has 7 heteroatoms. The molecular formula is C20H26BrF2NO3. The fourth-order valence-corrected chi connectivity index (χ4v) is 3.50. The van der Waals surface area contributed by atoms with Gasteiger partial charge in [-0.15, -0.1) is 0 Å². The summed E-state index contributed by atoms with van der Waals surface area (Å²) in [5.74, 6) is 0.496. The highest BCUT2D eigenvalue weighted by Gasteiger charge is 2.28. The molecule has 4 nitrogen and oxygen atoms in total. The Morgan fingerprint density at radius 2 is 1.89 bits per heavy atom. The van der Waals surface area contributed by atoms with Crippen LogP contribution in [0.25, 0.3) is 5.57 Å². The number of amides is 1. The molecule has 0 spiro atoms. The van der Waals surface area contributed by atoms with Gasteiger partial charge in [-0.2, -0.15) is 8.78 Å². The molecule has 0 aliphatic carbocycles. The number of rotatable bonds is 4. The van der Waals surface area contributed by atoms with Crippen molar-refractivity contribution in [2.75, 3.05) is 20.2 Å². The lowest BCUT2D eigenvalue weighted by atomic mass is 9.87. The van der Waals surface area contributed by atoms with Crippen molar-refractivity contribution < 1.29 is 23.0 Å². The summed E-state index contributed by atoms with van der Waals surface area (Å²) in [5.41, 5.74) is -0.136. The minimum atomic E-state index is -1.69. The number of benzene rings is 1. The van der Waals surface area contributed by atoms with E-state index in [2.05, 4.69) is 15.9 Å². The summed E-state index contributed by atoms with van der Waals surface area (Å²) in [6.45, 7) is 6.49. The number of hydrogen-bond acceptors (Lipinski definition) is 3. The van der Waals surface area contributed by atoms with Crippen molar-refractivity contribution in [2.45, 2.75) is 45.6 Å². The molecule has 1 aliphatic rings. The number of halogens is 3. The van der Waals surface area contributed by atoms with Gasteiger partial charge in [0.15, 0.2) is 0 Å². The zero-order valence-electron chi connectivity index (χ0n) is 16.2. The predicted octanol–water partition coefficient (Wildman–Crippen LogP) is 6.10. The van der Waals surface area contributed by atoms with Crippen molar-refractivity contribution in [1.82, 2.24) is 4.90 Å². The zero-order valence-corrected chi connectivity index (χ0v) is 17.7. The van der Waals surface area contributed by atoms with Crippen LogP contribution < -0.4 is 4.74 Å². The summed E-state index contributed by atoms with van der Waals surface area (Å²) in [7, 11) is 1.47. The lowest BCUT2D eigenvalue weighted by molar-refractivity contribution is 0.0185. The fraction of sp³-hybridized carbons (Fsp3) is 0.550. The van der Waals surface area contributed by atoms with Crippen molar-refractivity contribution in [3.63, 3.8) is 0 Å². The van der Waals surface area contributed by atoms with Gasteiger partial charge in [0.25, 0.3) is 6.08 Å². The van der Waals surface area contributed by atoms with Crippen molar-refractivity contribution in [3.05, 3.63) is 34.3 Å². The third-order valence-corrected chi connectivity index (χ3v) is 4.97. The number of carbonyl (C=O) groups is 1. The number of allylic oxidation sites excluding steroid dienone is 1. The van der Waals surface area contributed by atoms with Crippen molar-refractivity contribution in [3.8, 4) is 5.75 Å². The Labute approximate surface area is 167 Å². The van der Waals surface area contributed by atoms with Crippen LogP contribution in [-0.2, 0) is 4.74 Å². The van der Waals surface area contributed by atoms with Crippen LogP contribution in [0.2, 0.25) is 0 Å². The second-order valence-corrected chi connectivity index (χ2v) is 8.61. The lowest BCUT2D eigenvalue weighted by Crippen LogP contribution is -2.41. The fourth-order valence-electron chi connectivity index (χ4n) is 3.14. The highest BCUT2D eigenvalue weighted by atomic mass is 79.9. The SMILES string of the molecule is COc1ccc(Br)cc1C(CC1CCN(C(=O)OC(C)(C)C)CC1)=C(F)F. The molecule has 0 atom stereocenters. The summed E-state index contributed by atoms with van der Waals surface area (Å²) in [6.07, 6.45) is -0.473. The Morgan fingerprint density at radius 1 is 1.26 bits per heavy atom. The molecule has 27 heavy (non-hydrogen) atoms. The van der Waals surface area contributed by atoms with Crippen LogP contribution in [0.4, 0.5) is 13.6 Å². The molecule has 1 amide bonds. The molecular weight excluding hydrogens is 420 g/mol. The van der Waals surface area contributed by atoms with E-state index in [0.29, 0.717) is 37.2 Å². The number of methoxy groups -OCH3 is 1. The second-order valence-electron chi connectivity index (χ2n) is 7.70. The molecule has 0 saturated carbocycles. The van der Waals surface area contributed by atoms with E-state index in [1.165, 1.54) is 7.11 Å². The normalized spacial score (nSPS) is 15.4. The summed E-state index contributed by atoms with van der Waals surface area (Å²) < 4.78 is 38.8. The molecule has 0 aromatic heterocycles. The number of likely N-dealkylation sites (tertiary alicyclic amines) is 1. The Hall–Kier alpha value is -1.63. The molecule has 1 saturated heterocycles. The Bertz CT molecular complexity index is 704. The smallest absolute Gasteiger partial charge is 0.410 e. The molecule has 0 N–H and O–H groups in total. The maximum atomic E-state index is 13.7. The zero-order chi connectivity index (χ0) is 20.2. The quantitative estimate of drug-likeness (QED) is 0.561. The second kappa shape index (κ2) is 9.04. The summed E-state index contributed by atoms with van der Waals surface area (Å²) in [6, 6.07) is 5.09. The first-order valence-corrected chi connectivity index (χ1v) is 9.76. The van der Waals surface area contributed by atoms with Gasteiger partial charge in [0.05, 0.1) is 7.11 Å².